The Kier molecular flexibility index (Phi) is 6.46. The van der Waals surface area contributed by atoms with Crippen LogP contribution in [0.4, 0.5) is 5.69 Å². The van der Waals surface area contributed by atoms with Crippen LogP contribution in [0.5, 0.6) is 0 Å². The Labute approximate surface area is 127 Å². The summed E-state index contributed by atoms with van der Waals surface area (Å²) in [5.74, 6) is 0.0426. The predicted molar refractivity (Wildman–Crippen MR) is 85.4 cm³/mol. The zero-order chi connectivity index (χ0) is 13.8. The van der Waals surface area contributed by atoms with Crippen molar-refractivity contribution in [3.05, 3.63) is 29.3 Å². The first-order valence-electron chi connectivity index (χ1n) is 6.89. The lowest BCUT2D eigenvalue weighted by atomic mass is 10.1. The SMILES string of the molecule is Cc1ccc(NC(=O)CN2CCC[C@@H](N)C2)c(C)c1.Cl. The van der Waals surface area contributed by atoms with Crippen LogP contribution in [0.3, 0.4) is 0 Å². The third-order valence-corrected chi connectivity index (χ3v) is 3.57. The molecular weight excluding hydrogens is 274 g/mol. The van der Waals surface area contributed by atoms with Crippen molar-refractivity contribution in [1.29, 1.82) is 0 Å². The Morgan fingerprint density at radius 3 is 2.85 bits per heavy atom. The van der Waals surface area contributed by atoms with Gasteiger partial charge in [-0.25, -0.2) is 0 Å². The zero-order valence-electron chi connectivity index (χ0n) is 12.2. The summed E-state index contributed by atoms with van der Waals surface area (Å²) >= 11 is 0. The molecule has 1 aromatic rings. The molecule has 0 saturated carbocycles. The van der Waals surface area contributed by atoms with Crippen molar-refractivity contribution >= 4 is 24.0 Å². The van der Waals surface area contributed by atoms with Crippen LogP contribution in [0, 0.1) is 13.8 Å². The molecule has 1 amide bonds. The highest BCUT2D eigenvalue weighted by atomic mass is 35.5. The molecular formula is C15H24ClN3O. The fraction of sp³-hybridized carbons (Fsp3) is 0.533. The van der Waals surface area contributed by atoms with Gasteiger partial charge in [0.05, 0.1) is 6.54 Å². The first kappa shape index (κ1) is 17.0. The molecule has 2 rings (SSSR count). The molecule has 0 aromatic heterocycles. The number of piperidine rings is 1. The number of rotatable bonds is 3. The lowest BCUT2D eigenvalue weighted by molar-refractivity contribution is -0.117. The van der Waals surface area contributed by atoms with E-state index in [1.165, 1.54) is 5.56 Å². The van der Waals surface area contributed by atoms with E-state index in [1.54, 1.807) is 0 Å². The summed E-state index contributed by atoms with van der Waals surface area (Å²) in [6.07, 6.45) is 2.15. The maximum atomic E-state index is 12.0. The molecule has 0 aliphatic carbocycles. The highest BCUT2D eigenvalue weighted by Gasteiger charge is 2.18. The topological polar surface area (TPSA) is 58.4 Å². The largest absolute Gasteiger partial charge is 0.327 e. The number of benzene rings is 1. The minimum atomic E-state index is 0. The van der Waals surface area contributed by atoms with Gasteiger partial charge in [0.15, 0.2) is 0 Å². The highest BCUT2D eigenvalue weighted by molar-refractivity contribution is 5.93. The summed E-state index contributed by atoms with van der Waals surface area (Å²) in [4.78, 5) is 14.2. The highest BCUT2D eigenvalue weighted by Crippen LogP contribution is 2.16. The summed E-state index contributed by atoms with van der Waals surface area (Å²) in [6, 6.07) is 6.26. The van der Waals surface area contributed by atoms with Crippen LogP contribution >= 0.6 is 12.4 Å². The van der Waals surface area contributed by atoms with E-state index in [4.69, 9.17) is 5.73 Å². The van der Waals surface area contributed by atoms with E-state index in [0.717, 1.165) is 37.2 Å². The van der Waals surface area contributed by atoms with Crippen LogP contribution in [-0.4, -0.2) is 36.5 Å². The first-order valence-corrected chi connectivity index (χ1v) is 6.89. The quantitative estimate of drug-likeness (QED) is 0.898. The van der Waals surface area contributed by atoms with Gasteiger partial charge in [0.25, 0.3) is 0 Å². The molecule has 1 aliphatic rings. The lowest BCUT2D eigenvalue weighted by Gasteiger charge is -2.30. The fourth-order valence-corrected chi connectivity index (χ4v) is 2.58. The van der Waals surface area contributed by atoms with Crippen molar-refractivity contribution in [3.8, 4) is 0 Å². The van der Waals surface area contributed by atoms with Gasteiger partial charge < -0.3 is 11.1 Å². The van der Waals surface area contributed by atoms with Crippen LogP contribution in [0.2, 0.25) is 0 Å². The number of hydrogen-bond donors (Lipinski definition) is 2. The molecule has 112 valence electrons. The van der Waals surface area contributed by atoms with Crippen molar-refractivity contribution in [2.45, 2.75) is 32.7 Å². The maximum Gasteiger partial charge on any atom is 0.238 e. The Hall–Kier alpha value is -1.10. The summed E-state index contributed by atoms with van der Waals surface area (Å²) in [5.41, 5.74) is 9.13. The minimum Gasteiger partial charge on any atom is -0.327 e. The zero-order valence-corrected chi connectivity index (χ0v) is 13.0. The van der Waals surface area contributed by atoms with E-state index in [0.29, 0.717) is 6.54 Å². The number of aryl methyl sites for hydroxylation is 2. The predicted octanol–water partition coefficient (Wildman–Crippen LogP) is 2.09. The average Bonchev–Trinajstić information content (AvgIpc) is 2.33. The molecule has 1 aromatic carbocycles. The van der Waals surface area contributed by atoms with Gasteiger partial charge >= 0.3 is 0 Å². The van der Waals surface area contributed by atoms with Gasteiger partial charge in [-0.15, -0.1) is 12.4 Å². The maximum absolute atomic E-state index is 12.0. The Morgan fingerprint density at radius 2 is 2.20 bits per heavy atom. The number of likely N-dealkylation sites (tertiary alicyclic amines) is 1. The van der Waals surface area contributed by atoms with E-state index in [-0.39, 0.29) is 24.4 Å². The molecule has 4 nitrogen and oxygen atoms in total. The molecule has 20 heavy (non-hydrogen) atoms. The summed E-state index contributed by atoms with van der Waals surface area (Å²) in [5, 5.41) is 2.98. The van der Waals surface area contributed by atoms with Crippen LogP contribution in [0.15, 0.2) is 18.2 Å². The number of carbonyl (C=O) groups excluding carboxylic acids is 1. The summed E-state index contributed by atoms with van der Waals surface area (Å²) < 4.78 is 0. The second-order valence-electron chi connectivity index (χ2n) is 5.50. The van der Waals surface area contributed by atoms with Gasteiger partial charge in [-0.2, -0.15) is 0 Å². The fourth-order valence-electron chi connectivity index (χ4n) is 2.58. The molecule has 3 N–H and O–H groups in total. The second kappa shape index (κ2) is 7.62. The standard InChI is InChI=1S/C15H23N3O.ClH/c1-11-5-6-14(12(2)8-11)17-15(19)10-18-7-3-4-13(16)9-18;/h5-6,8,13H,3-4,7,9-10,16H2,1-2H3,(H,17,19);1H/t13-;/m1./s1. The Balaban J connectivity index is 0.00000200. The third-order valence-electron chi connectivity index (χ3n) is 3.57. The third kappa shape index (κ3) is 4.78. The molecule has 0 unspecified atom stereocenters. The Bertz CT molecular complexity index is 464. The van der Waals surface area contributed by atoms with Crippen LogP contribution in [-0.2, 0) is 4.79 Å². The second-order valence-corrected chi connectivity index (χ2v) is 5.50. The molecule has 1 fully saturated rings. The van der Waals surface area contributed by atoms with Gasteiger partial charge in [0, 0.05) is 18.3 Å². The van der Waals surface area contributed by atoms with E-state index in [1.807, 2.05) is 26.0 Å². The van der Waals surface area contributed by atoms with Gasteiger partial charge in [0.1, 0.15) is 0 Å². The number of anilines is 1. The van der Waals surface area contributed by atoms with Crippen molar-refractivity contribution in [2.24, 2.45) is 5.73 Å². The van der Waals surface area contributed by atoms with Crippen LogP contribution in [0.1, 0.15) is 24.0 Å². The van der Waals surface area contributed by atoms with E-state index in [2.05, 4.69) is 16.3 Å². The average molecular weight is 298 g/mol. The van der Waals surface area contributed by atoms with Gasteiger partial charge in [-0.1, -0.05) is 17.7 Å². The molecule has 0 radical (unpaired) electrons. The van der Waals surface area contributed by atoms with Crippen molar-refractivity contribution in [3.63, 3.8) is 0 Å². The number of nitrogens with zero attached hydrogens (tertiary/aromatic N) is 1. The lowest BCUT2D eigenvalue weighted by Crippen LogP contribution is -2.45. The van der Waals surface area contributed by atoms with Crippen LogP contribution in [0.25, 0.3) is 0 Å². The number of nitrogens with one attached hydrogen (secondary N) is 1. The number of halogens is 1. The normalized spacial score (nSPS) is 19.2. The van der Waals surface area contributed by atoms with Gasteiger partial charge in [0.2, 0.25) is 5.91 Å². The molecule has 1 saturated heterocycles. The van der Waals surface area contributed by atoms with E-state index >= 15 is 0 Å². The summed E-state index contributed by atoms with van der Waals surface area (Å²) in [7, 11) is 0. The number of nitrogens with two attached hydrogens (primary N) is 1. The molecule has 0 bridgehead atoms. The monoisotopic (exact) mass is 297 g/mol. The molecule has 0 spiro atoms. The molecule has 1 atom stereocenters. The number of hydrogen-bond acceptors (Lipinski definition) is 3. The first-order chi connectivity index (χ1) is 9.04. The van der Waals surface area contributed by atoms with Crippen LogP contribution < -0.4 is 11.1 Å². The van der Waals surface area contributed by atoms with E-state index in [9.17, 15) is 4.79 Å². The van der Waals surface area contributed by atoms with Crippen molar-refractivity contribution in [2.75, 3.05) is 25.0 Å². The molecule has 1 heterocycles. The van der Waals surface area contributed by atoms with Crippen molar-refractivity contribution < 1.29 is 4.79 Å². The van der Waals surface area contributed by atoms with E-state index < -0.39 is 0 Å². The molecule has 1 aliphatic heterocycles. The minimum absolute atomic E-state index is 0. The van der Waals surface area contributed by atoms with Gasteiger partial charge in [-0.3, -0.25) is 9.69 Å². The smallest absolute Gasteiger partial charge is 0.238 e. The van der Waals surface area contributed by atoms with Crippen molar-refractivity contribution in [1.82, 2.24) is 4.90 Å². The number of carbonyl (C=O) groups is 1. The Morgan fingerprint density at radius 1 is 1.45 bits per heavy atom. The molecule has 5 heteroatoms. The number of amides is 1. The summed E-state index contributed by atoms with van der Waals surface area (Å²) in [6.45, 7) is 6.28. The van der Waals surface area contributed by atoms with Gasteiger partial charge in [-0.05, 0) is 44.9 Å².